The Kier molecular flexibility index (Phi) is 5.47. The molecule has 1 aliphatic rings. The van der Waals surface area contributed by atoms with Gasteiger partial charge in [0, 0.05) is 11.6 Å². The Hall–Kier alpha value is -2.93. The molecular weight excluding hydrogens is 446 g/mol. The fourth-order valence-electron chi connectivity index (χ4n) is 3.26. The summed E-state index contributed by atoms with van der Waals surface area (Å²) >= 11 is 3.51. The molecule has 1 aliphatic carbocycles. The Bertz CT molecular complexity index is 1120. The maximum atomic E-state index is 12.8. The van der Waals surface area contributed by atoms with Crippen molar-refractivity contribution in [2.45, 2.75) is 39.2 Å². The highest BCUT2D eigenvalue weighted by atomic mass is 79.9. The van der Waals surface area contributed by atoms with Gasteiger partial charge in [0.2, 0.25) is 0 Å². The molecule has 154 valence electrons. The number of carbonyl (C=O) groups excluding carboxylic acids is 1. The summed E-state index contributed by atoms with van der Waals surface area (Å²) in [6.07, 6.45) is 4.83. The van der Waals surface area contributed by atoms with Crippen LogP contribution in [0.15, 0.2) is 57.4 Å². The highest BCUT2D eigenvalue weighted by molar-refractivity contribution is 9.10. The average Bonchev–Trinajstić information content (AvgIpc) is 3.20. The van der Waals surface area contributed by atoms with E-state index in [1.165, 1.54) is 5.56 Å². The molecule has 7 heteroatoms. The van der Waals surface area contributed by atoms with Crippen molar-refractivity contribution in [3.8, 4) is 11.3 Å². The highest BCUT2D eigenvalue weighted by Gasteiger charge is 2.24. The molecule has 0 saturated heterocycles. The van der Waals surface area contributed by atoms with Crippen LogP contribution >= 0.6 is 15.9 Å². The van der Waals surface area contributed by atoms with Crippen LogP contribution in [0.3, 0.4) is 0 Å². The number of aromatic nitrogens is 2. The highest BCUT2D eigenvalue weighted by Crippen LogP contribution is 2.34. The monoisotopic (exact) mass is 467 g/mol. The van der Waals surface area contributed by atoms with Crippen molar-refractivity contribution >= 4 is 33.8 Å². The van der Waals surface area contributed by atoms with Gasteiger partial charge in [0.15, 0.2) is 5.82 Å². The maximum absolute atomic E-state index is 12.8. The molecule has 2 heterocycles. The smallest absolute Gasteiger partial charge is 0.355 e. The molecule has 6 nitrogen and oxygen atoms in total. The van der Waals surface area contributed by atoms with E-state index in [-0.39, 0.29) is 5.70 Å². The Morgan fingerprint density at radius 1 is 1.17 bits per heavy atom. The number of carbonyl (C=O) groups is 1. The van der Waals surface area contributed by atoms with Crippen molar-refractivity contribution in [1.29, 1.82) is 0 Å². The van der Waals surface area contributed by atoms with Gasteiger partial charge in [-0.25, -0.2) is 14.8 Å². The van der Waals surface area contributed by atoms with E-state index in [0.29, 0.717) is 16.2 Å². The lowest BCUT2D eigenvalue weighted by Crippen LogP contribution is -2.27. The van der Waals surface area contributed by atoms with Crippen molar-refractivity contribution in [1.82, 2.24) is 9.97 Å². The first kappa shape index (κ1) is 20.3. The number of ether oxygens (including phenoxy) is 1. The van der Waals surface area contributed by atoms with Gasteiger partial charge in [-0.3, -0.25) is 0 Å². The molecule has 0 saturated carbocycles. The summed E-state index contributed by atoms with van der Waals surface area (Å²) in [5.41, 5.74) is 3.69. The first-order chi connectivity index (χ1) is 14.3. The van der Waals surface area contributed by atoms with E-state index < -0.39 is 11.6 Å². The summed E-state index contributed by atoms with van der Waals surface area (Å²) in [5, 5.41) is 3.09. The molecule has 1 aromatic carbocycles. The topological polar surface area (TPSA) is 77.2 Å². The van der Waals surface area contributed by atoms with Gasteiger partial charge in [-0.2, -0.15) is 0 Å². The number of esters is 1. The third-order valence-corrected chi connectivity index (χ3v) is 5.08. The van der Waals surface area contributed by atoms with E-state index in [1.807, 2.05) is 32.9 Å². The number of fused-ring (bicyclic) bond motifs is 3. The summed E-state index contributed by atoms with van der Waals surface area (Å²) < 4.78 is 11.4. The number of hydrogen-bond donors (Lipinski definition) is 1. The van der Waals surface area contributed by atoms with Crippen LogP contribution in [0.2, 0.25) is 0 Å². The summed E-state index contributed by atoms with van der Waals surface area (Å²) in [6, 6.07) is 11.7. The molecule has 0 spiro atoms. The number of nitrogens with zero attached hydrogens (tertiary/aromatic N) is 2. The van der Waals surface area contributed by atoms with Gasteiger partial charge < -0.3 is 14.5 Å². The lowest BCUT2D eigenvalue weighted by molar-refractivity contribution is -0.149. The zero-order valence-corrected chi connectivity index (χ0v) is 18.6. The van der Waals surface area contributed by atoms with Crippen LogP contribution in [-0.2, 0) is 22.4 Å². The molecule has 3 aromatic rings. The normalized spacial score (nSPS) is 13.4. The largest absolute Gasteiger partial charge is 0.465 e. The summed E-state index contributed by atoms with van der Waals surface area (Å²) in [4.78, 5) is 22.3. The molecule has 0 unspecified atom stereocenters. The number of nitrogens with one attached hydrogen (secondary N) is 1. The van der Waals surface area contributed by atoms with Crippen LogP contribution in [0.25, 0.3) is 17.3 Å². The number of aryl methyl sites for hydroxylation is 2. The molecule has 30 heavy (non-hydrogen) atoms. The van der Waals surface area contributed by atoms with E-state index in [9.17, 15) is 4.79 Å². The fraction of sp³-hybridized carbons (Fsp3) is 0.261. The van der Waals surface area contributed by atoms with Crippen LogP contribution < -0.4 is 5.32 Å². The SMILES string of the molecule is CC(C)(C)OC(=O)/C(=C/c1ccco1)Nc1nc2c(nc1Br)-c1ccccc1CC2. The lowest BCUT2D eigenvalue weighted by atomic mass is 9.92. The molecule has 0 fully saturated rings. The Morgan fingerprint density at radius 2 is 1.97 bits per heavy atom. The standard InChI is InChI=1S/C23H22BrN3O3/c1-23(2,3)30-22(28)18(13-15-8-6-12-29-15)26-21-20(24)27-19-16-9-5-4-7-14(16)10-11-17(19)25-21/h4-9,12-13H,10-11H2,1-3H3,(H,25,26)/b18-13-. The van der Waals surface area contributed by atoms with Crippen molar-refractivity contribution < 1.29 is 13.9 Å². The molecular formula is C23H22BrN3O3. The van der Waals surface area contributed by atoms with E-state index in [0.717, 1.165) is 29.8 Å². The van der Waals surface area contributed by atoms with Crippen molar-refractivity contribution in [2.75, 3.05) is 5.32 Å². The van der Waals surface area contributed by atoms with E-state index in [4.69, 9.17) is 19.1 Å². The Labute approximate surface area is 183 Å². The zero-order chi connectivity index (χ0) is 21.3. The molecule has 0 atom stereocenters. The first-order valence-corrected chi connectivity index (χ1v) is 10.5. The fourth-order valence-corrected chi connectivity index (χ4v) is 3.63. The molecule has 0 bridgehead atoms. The van der Waals surface area contributed by atoms with Crippen molar-refractivity contribution in [3.05, 3.63) is 70.0 Å². The van der Waals surface area contributed by atoms with Crippen LogP contribution in [0.1, 0.15) is 37.8 Å². The second kappa shape index (κ2) is 8.07. The molecule has 4 rings (SSSR count). The Morgan fingerprint density at radius 3 is 2.70 bits per heavy atom. The average molecular weight is 468 g/mol. The molecule has 0 radical (unpaired) electrons. The van der Waals surface area contributed by atoms with Gasteiger partial charge in [0.1, 0.15) is 21.7 Å². The van der Waals surface area contributed by atoms with Gasteiger partial charge in [0.05, 0.1) is 17.7 Å². The van der Waals surface area contributed by atoms with Gasteiger partial charge in [-0.15, -0.1) is 0 Å². The van der Waals surface area contributed by atoms with Gasteiger partial charge in [0.25, 0.3) is 0 Å². The zero-order valence-electron chi connectivity index (χ0n) is 17.0. The van der Waals surface area contributed by atoms with Crippen molar-refractivity contribution in [3.63, 3.8) is 0 Å². The van der Waals surface area contributed by atoms with Gasteiger partial charge in [-0.05, 0) is 67.2 Å². The third kappa shape index (κ3) is 4.46. The van der Waals surface area contributed by atoms with Crippen LogP contribution in [0, 0.1) is 0 Å². The minimum absolute atomic E-state index is 0.214. The number of halogens is 1. The summed E-state index contributed by atoms with van der Waals surface area (Å²) in [6.45, 7) is 5.46. The number of anilines is 1. The quantitative estimate of drug-likeness (QED) is 0.409. The van der Waals surface area contributed by atoms with E-state index in [2.05, 4.69) is 33.4 Å². The minimum Gasteiger partial charge on any atom is -0.465 e. The van der Waals surface area contributed by atoms with Crippen LogP contribution in [0.5, 0.6) is 0 Å². The number of benzene rings is 1. The van der Waals surface area contributed by atoms with Gasteiger partial charge in [-0.1, -0.05) is 24.3 Å². The van der Waals surface area contributed by atoms with Gasteiger partial charge >= 0.3 is 5.97 Å². The number of hydrogen-bond acceptors (Lipinski definition) is 6. The number of furan rings is 1. The molecule has 1 N–H and O–H groups in total. The van der Waals surface area contributed by atoms with E-state index in [1.54, 1.807) is 24.5 Å². The molecule has 0 amide bonds. The maximum Gasteiger partial charge on any atom is 0.355 e. The van der Waals surface area contributed by atoms with E-state index >= 15 is 0 Å². The predicted molar refractivity (Wildman–Crippen MR) is 119 cm³/mol. The minimum atomic E-state index is -0.635. The van der Waals surface area contributed by atoms with Crippen molar-refractivity contribution in [2.24, 2.45) is 0 Å². The number of rotatable bonds is 4. The molecule has 2 aromatic heterocycles. The Balaban J connectivity index is 1.70. The van der Waals surface area contributed by atoms with Crippen LogP contribution in [0.4, 0.5) is 5.82 Å². The third-order valence-electron chi connectivity index (χ3n) is 4.53. The first-order valence-electron chi connectivity index (χ1n) is 9.70. The summed E-state index contributed by atoms with van der Waals surface area (Å²) in [5.74, 6) is 0.479. The lowest BCUT2D eigenvalue weighted by Gasteiger charge is -2.22. The predicted octanol–water partition coefficient (Wildman–Crippen LogP) is 5.39. The van der Waals surface area contributed by atoms with Crippen LogP contribution in [-0.4, -0.2) is 21.5 Å². The second-order valence-electron chi connectivity index (χ2n) is 8.02. The second-order valence-corrected chi connectivity index (χ2v) is 8.77. The summed E-state index contributed by atoms with van der Waals surface area (Å²) in [7, 11) is 0. The molecule has 0 aliphatic heterocycles.